The first-order chi connectivity index (χ1) is 11.7. The zero-order chi connectivity index (χ0) is 16.5. The minimum atomic E-state index is -0.0475. The molecule has 24 heavy (non-hydrogen) atoms. The Labute approximate surface area is 142 Å². The lowest BCUT2D eigenvalue weighted by molar-refractivity contribution is -0.119. The summed E-state index contributed by atoms with van der Waals surface area (Å²) in [6.45, 7) is 1.55. The van der Waals surface area contributed by atoms with Gasteiger partial charge in [-0.15, -0.1) is 0 Å². The van der Waals surface area contributed by atoms with Gasteiger partial charge in [-0.05, 0) is 48.4 Å². The zero-order valence-electron chi connectivity index (χ0n) is 14.1. The van der Waals surface area contributed by atoms with E-state index < -0.39 is 0 Å². The third-order valence-corrected chi connectivity index (χ3v) is 5.36. The fourth-order valence-corrected chi connectivity index (χ4v) is 4.06. The summed E-state index contributed by atoms with van der Waals surface area (Å²) in [4.78, 5) is 12.9. The van der Waals surface area contributed by atoms with Crippen LogP contribution in [0, 0.1) is 5.92 Å². The average Bonchev–Trinajstić information content (AvgIpc) is 3.24. The van der Waals surface area contributed by atoms with Gasteiger partial charge in [-0.3, -0.25) is 9.48 Å². The third kappa shape index (κ3) is 2.84. The highest BCUT2D eigenvalue weighted by molar-refractivity contribution is 5.94. The number of carbonyl (C=O) groups excluding carboxylic acids is 1. The summed E-state index contributed by atoms with van der Waals surface area (Å²) in [6.07, 6.45) is 8.55. The summed E-state index contributed by atoms with van der Waals surface area (Å²) in [6, 6.07) is 6.30. The Morgan fingerprint density at radius 3 is 3.00 bits per heavy atom. The predicted molar refractivity (Wildman–Crippen MR) is 94.0 cm³/mol. The van der Waals surface area contributed by atoms with Crippen molar-refractivity contribution in [3.63, 3.8) is 0 Å². The van der Waals surface area contributed by atoms with Crippen LogP contribution >= 0.6 is 0 Å². The monoisotopic (exact) mass is 324 g/mol. The zero-order valence-corrected chi connectivity index (χ0v) is 14.1. The number of carbonyl (C=O) groups is 1. The summed E-state index contributed by atoms with van der Waals surface area (Å²) in [7, 11) is 1.91. The lowest BCUT2D eigenvalue weighted by Gasteiger charge is -2.22. The molecule has 0 bridgehead atoms. The van der Waals surface area contributed by atoms with Crippen LogP contribution in [0.5, 0.6) is 0 Å². The molecule has 1 saturated heterocycles. The molecule has 1 aromatic heterocycles. The normalized spacial score (nSPS) is 23.0. The molecule has 1 fully saturated rings. The van der Waals surface area contributed by atoms with Gasteiger partial charge >= 0.3 is 0 Å². The van der Waals surface area contributed by atoms with E-state index in [1.165, 1.54) is 24.0 Å². The molecule has 5 nitrogen and oxygen atoms in total. The standard InChI is InChI=1S/C19H24N4O/c1-23-12-14(9-21-23)16-10-20-11-17(16)19(24)22-18-8-4-6-13-5-2-3-7-15(13)18/h4,6,8-9,12,16-17,20H,2-3,5,7,10-11H2,1H3,(H,22,24)/t16-,17+/m1/s1. The second kappa shape index (κ2) is 6.40. The molecule has 0 radical (unpaired) electrons. The van der Waals surface area contributed by atoms with E-state index >= 15 is 0 Å². The molecule has 126 valence electrons. The van der Waals surface area contributed by atoms with Crippen LogP contribution in [0.4, 0.5) is 5.69 Å². The Morgan fingerprint density at radius 2 is 2.17 bits per heavy atom. The number of nitrogens with one attached hydrogen (secondary N) is 2. The number of rotatable bonds is 3. The fraction of sp³-hybridized carbons (Fsp3) is 0.474. The summed E-state index contributed by atoms with van der Waals surface area (Å²) in [5.74, 6) is 0.264. The van der Waals surface area contributed by atoms with E-state index in [-0.39, 0.29) is 17.7 Å². The maximum absolute atomic E-state index is 12.9. The van der Waals surface area contributed by atoms with Crippen molar-refractivity contribution in [2.24, 2.45) is 13.0 Å². The maximum Gasteiger partial charge on any atom is 0.229 e. The van der Waals surface area contributed by atoms with Crippen molar-refractivity contribution in [2.75, 3.05) is 18.4 Å². The van der Waals surface area contributed by atoms with Crippen LogP contribution in [0.15, 0.2) is 30.6 Å². The van der Waals surface area contributed by atoms with Crippen molar-refractivity contribution in [3.8, 4) is 0 Å². The first-order valence-electron chi connectivity index (χ1n) is 8.83. The summed E-state index contributed by atoms with van der Waals surface area (Å²) in [5, 5.41) is 10.8. The molecule has 0 unspecified atom stereocenters. The van der Waals surface area contributed by atoms with Gasteiger partial charge in [0.15, 0.2) is 0 Å². The second-order valence-electron chi connectivity index (χ2n) is 6.96. The summed E-state index contributed by atoms with van der Waals surface area (Å²) < 4.78 is 1.80. The molecule has 2 aliphatic rings. The number of aromatic nitrogens is 2. The SMILES string of the molecule is Cn1cc([C@H]2CNC[C@@H]2C(=O)Nc2cccc3c2CCCC3)cn1. The molecule has 2 atom stereocenters. The molecule has 1 aromatic carbocycles. The highest BCUT2D eigenvalue weighted by Gasteiger charge is 2.35. The van der Waals surface area contributed by atoms with E-state index in [9.17, 15) is 4.79 Å². The molecule has 4 rings (SSSR count). The Bertz CT molecular complexity index is 752. The molecule has 1 amide bonds. The largest absolute Gasteiger partial charge is 0.326 e. The summed E-state index contributed by atoms with van der Waals surface area (Å²) >= 11 is 0. The number of anilines is 1. The molecule has 2 aromatic rings. The van der Waals surface area contributed by atoms with Gasteiger partial charge in [-0.25, -0.2) is 0 Å². The third-order valence-electron chi connectivity index (χ3n) is 5.36. The Balaban J connectivity index is 1.54. The number of aryl methyl sites for hydroxylation is 2. The smallest absolute Gasteiger partial charge is 0.229 e. The molecule has 0 spiro atoms. The van der Waals surface area contributed by atoms with Crippen molar-refractivity contribution in [1.29, 1.82) is 0 Å². The van der Waals surface area contributed by atoms with E-state index in [1.807, 2.05) is 25.5 Å². The Hall–Kier alpha value is -2.14. The van der Waals surface area contributed by atoms with Gasteiger partial charge < -0.3 is 10.6 Å². The van der Waals surface area contributed by atoms with E-state index in [1.54, 1.807) is 4.68 Å². The molecule has 1 aliphatic heterocycles. The van der Waals surface area contributed by atoms with Crippen molar-refractivity contribution in [2.45, 2.75) is 31.6 Å². The minimum Gasteiger partial charge on any atom is -0.326 e. The van der Waals surface area contributed by atoms with E-state index in [0.29, 0.717) is 0 Å². The topological polar surface area (TPSA) is 59.0 Å². The summed E-state index contributed by atoms with van der Waals surface area (Å²) in [5.41, 5.74) is 4.88. The lowest BCUT2D eigenvalue weighted by atomic mass is 9.88. The molecule has 2 N–H and O–H groups in total. The molecular formula is C19H24N4O. The lowest BCUT2D eigenvalue weighted by Crippen LogP contribution is -2.28. The number of benzene rings is 1. The van der Waals surface area contributed by atoms with Gasteiger partial charge in [0.1, 0.15) is 0 Å². The maximum atomic E-state index is 12.9. The van der Waals surface area contributed by atoms with Gasteiger partial charge in [0, 0.05) is 37.9 Å². The van der Waals surface area contributed by atoms with Crippen LogP contribution in [0.25, 0.3) is 0 Å². The van der Waals surface area contributed by atoms with Gasteiger partial charge in [-0.2, -0.15) is 5.10 Å². The number of amides is 1. The van der Waals surface area contributed by atoms with Gasteiger partial charge in [0.25, 0.3) is 0 Å². The van der Waals surface area contributed by atoms with Gasteiger partial charge in [0.05, 0.1) is 12.1 Å². The minimum absolute atomic E-state index is 0.0475. The number of nitrogens with zero attached hydrogens (tertiary/aromatic N) is 2. The fourth-order valence-electron chi connectivity index (χ4n) is 4.06. The van der Waals surface area contributed by atoms with Crippen LogP contribution in [0.1, 0.15) is 35.4 Å². The number of hydrogen-bond acceptors (Lipinski definition) is 3. The van der Waals surface area contributed by atoms with E-state index in [2.05, 4.69) is 27.9 Å². The van der Waals surface area contributed by atoms with Crippen LogP contribution in [0.3, 0.4) is 0 Å². The molecule has 2 heterocycles. The van der Waals surface area contributed by atoms with E-state index in [4.69, 9.17) is 0 Å². The average molecular weight is 324 g/mol. The molecule has 5 heteroatoms. The highest BCUT2D eigenvalue weighted by Crippen LogP contribution is 2.31. The van der Waals surface area contributed by atoms with Crippen molar-refractivity contribution in [3.05, 3.63) is 47.3 Å². The Morgan fingerprint density at radius 1 is 1.29 bits per heavy atom. The first kappa shape index (κ1) is 15.4. The van der Waals surface area contributed by atoms with Crippen LogP contribution < -0.4 is 10.6 Å². The van der Waals surface area contributed by atoms with Crippen LogP contribution in [-0.2, 0) is 24.7 Å². The van der Waals surface area contributed by atoms with Crippen LogP contribution in [0.2, 0.25) is 0 Å². The molecule has 1 aliphatic carbocycles. The van der Waals surface area contributed by atoms with Crippen molar-refractivity contribution in [1.82, 2.24) is 15.1 Å². The highest BCUT2D eigenvalue weighted by atomic mass is 16.2. The van der Waals surface area contributed by atoms with Crippen molar-refractivity contribution >= 4 is 11.6 Å². The molecule has 0 saturated carbocycles. The predicted octanol–water partition coefficient (Wildman–Crippen LogP) is 2.24. The quantitative estimate of drug-likeness (QED) is 0.910. The number of fused-ring (bicyclic) bond motifs is 1. The van der Waals surface area contributed by atoms with Crippen LogP contribution in [-0.4, -0.2) is 28.8 Å². The number of hydrogen-bond donors (Lipinski definition) is 2. The van der Waals surface area contributed by atoms with Gasteiger partial charge in [-0.1, -0.05) is 12.1 Å². The van der Waals surface area contributed by atoms with Crippen molar-refractivity contribution < 1.29 is 4.79 Å². The first-order valence-corrected chi connectivity index (χ1v) is 8.83. The van der Waals surface area contributed by atoms with E-state index in [0.717, 1.165) is 37.2 Å². The van der Waals surface area contributed by atoms with Gasteiger partial charge in [0.2, 0.25) is 5.91 Å². The Kier molecular flexibility index (Phi) is 4.10. The molecular weight excluding hydrogens is 300 g/mol. The second-order valence-corrected chi connectivity index (χ2v) is 6.96.